The van der Waals surface area contributed by atoms with Crippen molar-refractivity contribution in [1.29, 1.82) is 0 Å². The predicted molar refractivity (Wildman–Crippen MR) is 85.7 cm³/mol. The summed E-state index contributed by atoms with van der Waals surface area (Å²) in [7, 11) is 0. The fourth-order valence-electron chi connectivity index (χ4n) is 3.00. The Bertz CT molecular complexity index is 558. The Morgan fingerprint density at radius 1 is 1.21 bits per heavy atom. The van der Waals surface area contributed by atoms with E-state index in [1.165, 1.54) is 39.5 Å². The van der Waals surface area contributed by atoms with Crippen LogP contribution in [0, 0.1) is 13.8 Å². The predicted octanol–water partition coefficient (Wildman–Crippen LogP) is 4.61. The standard InChI is InChI=1S/C16H21NS2/c1-4-17-16(13-8-10(2)18-11(13)3)15-9-12-6-5-7-14(12)19-15/h8-9,16-17H,4-7H2,1-3H3. The first-order valence-corrected chi connectivity index (χ1v) is 8.74. The number of fused-ring (bicyclic) bond motifs is 1. The van der Waals surface area contributed by atoms with E-state index in [9.17, 15) is 0 Å². The molecule has 0 aromatic carbocycles. The second-order valence-corrected chi connectivity index (χ2v) is 7.94. The van der Waals surface area contributed by atoms with Crippen LogP contribution in [-0.4, -0.2) is 6.54 Å². The summed E-state index contributed by atoms with van der Waals surface area (Å²) in [5.41, 5.74) is 3.08. The average molecular weight is 291 g/mol. The maximum atomic E-state index is 3.68. The molecule has 0 radical (unpaired) electrons. The highest BCUT2D eigenvalue weighted by Gasteiger charge is 2.22. The lowest BCUT2D eigenvalue weighted by molar-refractivity contribution is 0.638. The van der Waals surface area contributed by atoms with E-state index in [-0.39, 0.29) is 0 Å². The van der Waals surface area contributed by atoms with Crippen LogP contribution < -0.4 is 5.32 Å². The number of thiophene rings is 2. The SMILES string of the molecule is CCNC(c1cc2c(s1)CCC2)c1cc(C)sc1C. The van der Waals surface area contributed by atoms with Gasteiger partial charge in [-0.25, -0.2) is 0 Å². The summed E-state index contributed by atoms with van der Waals surface area (Å²) in [5, 5.41) is 3.68. The minimum Gasteiger partial charge on any atom is -0.306 e. The number of aryl methyl sites for hydroxylation is 4. The van der Waals surface area contributed by atoms with Gasteiger partial charge in [-0.1, -0.05) is 6.92 Å². The van der Waals surface area contributed by atoms with E-state index < -0.39 is 0 Å². The van der Waals surface area contributed by atoms with Crippen LogP contribution in [-0.2, 0) is 12.8 Å². The van der Waals surface area contributed by atoms with Gasteiger partial charge in [0.25, 0.3) is 0 Å². The van der Waals surface area contributed by atoms with E-state index in [2.05, 4.69) is 38.2 Å². The van der Waals surface area contributed by atoms with Crippen molar-refractivity contribution in [3.05, 3.63) is 42.8 Å². The molecule has 19 heavy (non-hydrogen) atoms. The molecule has 2 aromatic rings. The van der Waals surface area contributed by atoms with Crippen LogP contribution in [0.3, 0.4) is 0 Å². The second-order valence-electron chi connectivity index (χ2n) is 5.31. The zero-order chi connectivity index (χ0) is 13.4. The maximum Gasteiger partial charge on any atom is 0.0682 e. The first kappa shape index (κ1) is 13.3. The molecule has 1 aliphatic rings. The van der Waals surface area contributed by atoms with Crippen molar-refractivity contribution < 1.29 is 0 Å². The summed E-state index contributed by atoms with van der Waals surface area (Å²) < 4.78 is 0. The third-order valence-electron chi connectivity index (χ3n) is 3.85. The Morgan fingerprint density at radius 3 is 2.68 bits per heavy atom. The number of nitrogens with one attached hydrogen (secondary N) is 1. The van der Waals surface area contributed by atoms with E-state index >= 15 is 0 Å². The van der Waals surface area contributed by atoms with Gasteiger partial charge in [0.15, 0.2) is 0 Å². The maximum absolute atomic E-state index is 3.68. The van der Waals surface area contributed by atoms with Crippen LogP contribution in [0.5, 0.6) is 0 Å². The summed E-state index contributed by atoms with van der Waals surface area (Å²) in [5.74, 6) is 0. The topological polar surface area (TPSA) is 12.0 Å². The molecule has 0 aliphatic heterocycles. The summed E-state index contributed by atoms with van der Waals surface area (Å²) >= 11 is 3.94. The van der Waals surface area contributed by atoms with Crippen molar-refractivity contribution in [2.75, 3.05) is 6.54 Å². The molecule has 3 heteroatoms. The van der Waals surface area contributed by atoms with Crippen molar-refractivity contribution in [3.8, 4) is 0 Å². The Morgan fingerprint density at radius 2 is 2.05 bits per heavy atom. The smallest absolute Gasteiger partial charge is 0.0682 e. The Kier molecular flexibility index (Phi) is 3.79. The van der Waals surface area contributed by atoms with E-state index in [1.807, 2.05) is 22.7 Å². The monoisotopic (exact) mass is 291 g/mol. The molecule has 0 saturated heterocycles. The van der Waals surface area contributed by atoms with E-state index in [0.717, 1.165) is 6.54 Å². The summed E-state index contributed by atoms with van der Waals surface area (Å²) in [6.07, 6.45) is 3.93. The Balaban J connectivity index is 1.98. The van der Waals surface area contributed by atoms with Gasteiger partial charge in [-0.15, -0.1) is 22.7 Å². The minimum atomic E-state index is 0.394. The molecular weight excluding hydrogens is 270 g/mol. The molecular formula is C16H21NS2. The van der Waals surface area contributed by atoms with Crippen molar-refractivity contribution >= 4 is 22.7 Å². The summed E-state index contributed by atoms with van der Waals surface area (Å²) in [6.45, 7) is 7.67. The highest BCUT2D eigenvalue weighted by atomic mass is 32.1. The molecule has 0 amide bonds. The van der Waals surface area contributed by atoms with Gasteiger partial charge in [0.1, 0.15) is 0 Å². The van der Waals surface area contributed by atoms with Gasteiger partial charge in [-0.3, -0.25) is 0 Å². The van der Waals surface area contributed by atoms with Crippen molar-refractivity contribution in [3.63, 3.8) is 0 Å². The normalized spacial score (nSPS) is 15.7. The molecule has 0 spiro atoms. The average Bonchev–Trinajstić information content (AvgIpc) is 3.00. The van der Waals surface area contributed by atoms with Crippen LogP contribution in [0.1, 0.15) is 50.0 Å². The van der Waals surface area contributed by atoms with Crippen molar-refractivity contribution in [1.82, 2.24) is 5.32 Å². The molecule has 0 fully saturated rings. The molecule has 2 heterocycles. The third kappa shape index (κ3) is 2.51. The zero-order valence-electron chi connectivity index (χ0n) is 11.9. The van der Waals surface area contributed by atoms with E-state index in [4.69, 9.17) is 0 Å². The number of hydrogen-bond acceptors (Lipinski definition) is 3. The van der Waals surface area contributed by atoms with Crippen LogP contribution in [0.25, 0.3) is 0 Å². The lowest BCUT2D eigenvalue weighted by Crippen LogP contribution is -2.21. The first-order chi connectivity index (χ1) is 9.19. The number of rotatable bonds is 4. The lowest BCUT2D eigenvalue weighted by atomic mass is 10.1. The third-order valence-corrected chi connectivity index (χ3v) is 6.13. The van der Waals surface area contributed by atoms with Gasteiger partial charge in [0, 0.05) is 19.5 Å². The molecule has 1 unspecified atom stereocenters. The molecule has 3 rings (SSSR count). The second kappa shape index (κ2) is 5.39. The molecule has 0 saturated carbocycles. The van der Waals surface area contributed by atoms with Gasteiger partial charge < -0.3 is 5.32 Å². The largest absolute Gasteiger partial charge is 0.306 e. The molecule has 2 aromatic heterocycles. The van der Waals surface area contributed by atoms with Gasteiger partial charge >= 0.3 is 0 Å². The molecule has 1 aliphatic carbocycles. The Hall–Kier alpha value is -0.640. The van der Waals surface area contributed by atoms with Crippen LogP contribution in [0.2, 0.25) is 0 Å². The molecule has 0 bridgehead atoms. The highest BCUT2D eigenvalue weighted by molar-refractivity contribution is 7.12. The van der Waals surface area contributed by atoms with Gasteiger partial charge in [0.2, 0.25) is 0 Å². The zero-order valence-corrected chi connectivity index (χ0v) is 13.5. The molecule has 1 N–H and O–H groups in total. The van der Waals surface area contributed by atoms with E-state index in [1.54, 1.807) is 10.4 Å². The fraction of sp³-hybridized carbons (Fsp3) is 0.500. The van der Waals surface area contributed by atoms with E-state index in [0.29, 0.717) is 6.04 Å². The Labute approximate surface area is 123 Å². The minimum absolute atomic E-state index is 0.394. The van der Waals surface area contributed by atoms with Crippen molar-refractivity contribution in [2.24, 2.45) is 0 Å². The lowest BCUT2D eigenvalue weighted by Gasteiger charge is -2.16. The van der Waals surface area contributed by atoms with Crippen molar-refractivity contribution in [2.45, 2.75) is 46.1 Å². The molecule has 1 atom stereocenters. The van der Waals surface area contributed by atoms with Gasteiger partial charge in [0.05, 0.1) is 6.04 Å². The summed E-state index contributed by atoms with van der Waals surface area (Å²) in [4.78, 5) is 6.01. The van der Waals surface area contributed by atoms with Crippen LogP contribution in [0.4, 0.5) is 0 Å². The fourth-order valence-corrected chi connectivity index (χ4v) is 5.32. The van der Waals surface area contributed by atoms with Gasteiger partial charge in [-0.05, 0) is 62.9 Å². The summed E-state index contributed by atoms with van der Waals surface area (Å²) in [6, 6.07) is 5.20. The van der Waals surface area contributed by atoms with Crippen LogP contribution in [0.15, 0.2) is 12.1 Å². The van der Waals surface area contributed by atoms with Gasteiger partial charge in [-0.2, -0.15) is 0 Å². The number of hydrogen-bond donors (Lipinski definition) is 1. The molecule has 1 nitrogen and oxygen atoms in total. The van der Waals surface area contributed by atoms with Crippen LogP contribution >= 0.6 is 22.7 Å². The quantitative estimate of drug-likeness (QED) is 0.867. The highest BCUT2D eigenvalue weighted by Crippen LogP contribution is 2.38. The first-order valence-electron chi connectivity index (χ1n) is 7.10. The molecule has 102 valence electrons.